The number of nitrogens with one attached hydrogen (secondary N) is 1. The summed E-state index contributed by atoms with van der Waals surface area (Å²) in [5.74, 6) is -0.167. The van der Waals surface area contributed by atoms with Crippen LogP contribution in [0.4, 0.5) is 11.4 Å². The molecule has 0 aliphatic carbocycles. The Labute approximate surface area is 156 Å². The summed E-state index contributed by atoms with van der Waals surface area (Å²) < 4.78 is 1.73. The lowest BCUT2D eigenvalue weighted by Crippen LogP contribution is -2.43. The van der Waals surface area contributed by atoms with Crippen molar-refractivity contribution in [1.82, 2.24) is 19.7 Å². The number of anilines is 2. The van der Waals surface area contributed by atoms with Gasteiger partial charge in [-0.2, -0.15) is 15.0 Å². The molecule has 2 aliphatic rings. The molecule has 2 aromatic heterocycles. The van der Waals surface area contributed by atoms with Gasteiger partial charge in [-0.15, -0.1) is 0 Å². The highest BCUT2D eigenvalue weighted by Gasteiger charge is 2.32. The number of aromatic nitrogens is 4. The largest absolute Gasteiger partial charge is 0.320 e. The van der Waals surface area contributed by atoms with Gasteiger partial charge in [0.2, 0.25) is 5.91 Å². The summed E-state index contributed by atoms with van der Waals surface area (Å²) in [4.78, 5) is 29.9. The molecule has 2 aromatic rings. The number of fused-ring (bicyclic) bond motifs is 2. The number of hydrogen-bond donors (Lipinski definition) is 2. The molecule has 0 aromatic carbocycles. The third-order valence-electron chi connectivity index (χ3n) is 5.30. The maximum Gasteiger partial charge on any atom is 0.250 e. The first kappa shape index (κ1) is 17.5. The Balaban J connectivity index is 1.55. The number of carbonyl (C=O) groups is 2. The van der Waals surface area contributed by atoms with Crippen molar-refractivity contribution in [3.05, 3.63) is 23.8 Å². The van der Waals surface area contributed by atoms with Crippen LogP contribution in [0.5, 0.6) is 0 Å². The molecule has 0 radical (unpaired) electrons. The zero-order chi connectivity index (χ0) is 19.3. The van der Waals surface area contributed by atoms with Crippen molar-refractivity contribution in [1.29, 1.82) is 0 Å². The molecule has 144 valence electrons. The molecule has 4 rings (SSSR count). The molecule has 0 spiro atoms. The summed E-state index contributed by atoms with van der Waals surface area (Å²) in [6.07, 6.45) is 6.08. The van der Waals surface area contributed by atoms with Crippen LogP contribution in [0.15, 0.2) is 12.4 Å². The summed E-state index contributed by atoms with van der Waals surface area (Å²) in [5.41, 5.74) is 12.3. The second kappa shape index (κ2) is 6.38. The van der Waals surface area contributed by atoms with E-state index < -0.39 is 12.1 Å². The van der Waals surface area contributed by atoms with E-state index in [1.54, 1.807) is 39.6 Å². The van der Waals surface area contributed by atoms with Crippen LogP contribution in [0.3, 0.4) is 0 Å². The molecule has 4 heterocycles. The molecule has 2 aliphatic heterocycles. The maximum atomic E-state index is 12.9. The molecule has 10 nitrogen and oxygen atoms in total. The van der Waals surface area contributed by atoms with Crippen LogP contribution >= 0.6 is 0 Å². The standard InChI is InChI=1S/C17H24N8O2/c1-22-8-14-11(19-22)6-7-13(17(27)24(14)3)21-25-9-15-12(20-25)5-4-10(18)16(26)23(15)2/h8-10,13,21H,4-7,18H2,1-3H3/t10-,13+/m1/s1. The number of aryl methyl sites for hydroxylation is 3. The Bertz CT molecular complexity index is 901. The minimum atomic E-state index is -0.505. The number of carbonyl (C=O) groups excluding carboxylic acids is 2. The minimum Gasteiger partial charge on any atom is -0.320 e. The van der Waals surface area contributed by atoms with Crippen LogP contribution in [0.1, 0.15) is 24.2 Å². The fraction of sp³-hybridized carbons (Fsp3) is 0.529. The van der Waals surface area contributed by atoms with Crippen LogP contribution < -0.4 is 21.0 Å². The Morgan fingerprint density at radius 3 is 2.37 bits per heavy atom. The summed E-state index contributed by atoms with van der Waals surface area (Å²) in [6, 6.07) is -0.935. The number of amides is 2. The van der Waals surface area contributed by atoms with Crippen LogP contribution in [-0.4, -0.2) is 57.7 Å². The third-order valence-corrected chi connectivity index (χ3v) is 5.30. The van der Waals surface area contributed by atoms with Crippen LogP contribution in [0.25, 0.3) is 0 Å². The third kappa shape index (κ3) is 2.95. The highest BCUT2D eigenvalue weighted by Crippen LogP contribution is 2.26. The molecule has 0 fully saturated rings. The summed E-state index contributed by atoms with van der Waals surface area (Å²) in [7, 11) is 5.31. The normalized spacial score (nSPS) is 23.0. The average Bonchev–Trinajstić information content (AvgIpc) is 3.18. The molecule has 0 saturated carbocycles. The second-order valence-electron chi connectivity index (χ2n) is 7.20. The molecule has 2 atom stereocenters. The van der Waals surface area contributed by atoms with E-state index >= 15 is 0 Å². The topological polar surface area (TPSA) is 114 Å². The van der Waals surface area contributed by atoms with Gasteiger partial charge in [0.1, 0.15) is 6.04 Å². The van der Waals surface area contributed by atoms with Crippen molar-refractivity contribution in [2.45, 2.75) is 37.8 Å². The number of rotatable bonds is 2. The van der Waals surface area contributed by atoms with E-state index in [1.807, 2.05) is 13.2 Å². The van der Waals surface area contributed by atoms with Gasteiger partial charge in [-0.25, -0.2) is 0 Å². The molecular formula is C17H24N8O2. The van der Waals surface area contributed by atoms with E-state index in [9.17, 15) is 9.59 Å². The van der Waals surface area contributed by atoms with Crippen LogP contribution in [0.2, 0.25) is 0 Å². The summed E-state index contributed by atoms with van der Waals surface area (Å²) >= 11 is 0. The van der Waals surface area contributed by atoms with Gasteiger partial charge < -0.3 is 15.5 Å². The highest BCUT2D eigenvalue weighted by molar-refractivity contribution is 5.99. The van der Waals surface area contributed by atoms with Crippen molar-refractivity contribution < 1.29 is 9.59 Å². The lowest BCUT2D eigenvalue weighted by atomic mass is 10.1. The number of nitrogens with zero attached hydrogens (tertiary/aromatic N) is 6. The van der Waals surface area contributed by atoms with Gasteiger partial charge in [0, 0.05) is 27.3 Å². The van der Waals surface area contributed by atoms with E-state index in [0.717, 1.165) is 22.8 Å². The monoisotopic (exact) mass is 372 g/mol. The average molecular weight is 372 g/mol. The van der Waals surface area contributed by atoms with E-state index in [2.05, 4.69) is 15.6 Å². The Morgan fingerprint density at radius 2 is 1.59 bits per heavy atom. The first-order valence-corrected chi connectivity index (χ1v) is 9.03. The maximum absolute atomic E-state index is 12.9. The zero-order valence-electron chi connectivity index (χ0n) is 15.7. The summed E-state index contributed by atoms with van der Waals surface area (Å²) in [5, 5.41) is 8.97. The van der Waals surface area contributed by atoms with Gasteiger partial charge in [-0.3, -0.25) is 19.7 Å². The molecule has 10 heteroatoms. The number of likely N-dealkylation sites (N-methyl/N-ethyl adjacent to an activating group) is 2. The van der Waals surface area contributed by atoms with Gasteiger partial charge in [0.25, 0.3) is 5.91 Å². The van der Waals surface area contributed by atoms with Crippen molar-refractivity contribution in [3.8, 4) is 0 Å². The minimum absolute atomic E-state index is 0.0427. The van der Waals surface area contributed by atoms with Gasteiger partial charge >= 0.3 is 0 Å². The van der Waals surface area contributed by atoms with Crippen LogP contribution in [0, 0.1) is 0 Å². The predicted molar refractivity (Wildman–Crippen MR) is 100 cm³/mol. The quantitative estimate of drug-likeness (QED) is 0.726. The number of nitrogens with two attached hydrogens (primary N) is 1. The van der Waals surface area contributed by atoms with E-state index in [4.69, 9.17) is 5.73 Å². The highest BCUT2D eigenvalue weighted by atomic mass is 16.2. The number of hydrogen-bond acceptors (Lipinski definition) is 6. The van der Waals surface area contributed by atoms with E-state index in [-0.39, 0.29) is 11.8 Å². The van der Waals surface area contributed by atoms with Crippen molar-refractivity contribution in [2.75, 3.05) is 29.3 Å². The first-order chi connectivity index (χ1) is 12.8. The zero-order valence-corrected chi connectivity index (χ0v) is 15.7. The lowest BCUT2D eigenvalue weighted by molar-refractivity contribution is -0.120. The fourth-order valence-corrected chi connectivity index (χ4v) is 3.72. The first-order valence-electron chi connectivity index (χ1n) is 9.03. The Morgan fingerprint density at radius 1 is 0.963 bits per heavy atom. The van der Waals surface area contributed by atoms with E-state index in [1.165, 1.54) is 0 Å². The SMILES string of the molecule is CN1C(=O)[C@H](N)CCc2nn(N[C@H]3CCc4nn(C)cc4N(C)C3=O)cc21. The Kier molecular flexibility index (Phi) is 4.14. The van der Waals surface area contributed by atoms with Crippen LogP contribution in [-0.2, 0) is 29.5 Å². The molecule has 2 amide bonds. The lowest BCUT2D eigenvalue weighted by Gasteiger charge is -2.22. The summed E-state index contributed by atoms with van der Waals surface area (Å²) in [6.45, 7) is 0. The molecule has 3 N–H and O–H groups in total. The molecule has 0 unspecified atom stereocenters. The predicted octanol–water partition coefficient (Wildman–Crippen LogP) is -0.626. The second-order valence-corrected chi connectivity index (χ2v) is 7.20. The fourth-order valence-electron chi connectivity index (χ4n) is 3.72. The smallest absolute Gasteiger partial charge is 0.250 e. The van der Waals surface area contributed by atoms with Crippen molar-refractivity contribution in [3.63, 3.8) is 0 Å². The Hall–Kier alpha value is -2.88. The molecular weight excluding hydrogens is 348 g/mol. The van der Waals surface area contributed by atoms with E-state index in [0.29, 0.717) is 25.7 Å². The van der Waals surface area contributed by atoms with Crippen molar-refractivity contribution >= 4 is 23.2 Å². The van der Waals surface area contributed by atoms with Crippen molar-refractivity contribution in [2.24, 2.45) is 12.8 Å². The van der Waals surface area contributed by atoms with Gasteiger partial charge in [-0.1, -0.05) is 0 Å². The van der Waals surface area contributed by atoms with Gasteiger partial charge in [0.15, 0.2) is 0 Å². The molecule has 0 saturated heterocycles. The van der Waals surface area contributed by atoms with Gasteiger partial charge in [0.05, 0.1) is 35.0 Å². The molecule has 0 bridgehead atoms. The molecule has 27 heavy (non-hydrogen) atoms. The van der Waals surface area contributed by atoms with Gasteiger partial charge in [-0.05, 0) is 25.7 Å².